The van der Waals surface area contributed by atoms with Gasteiger partial charge in [0, 0.05) is 0 Å². The SMILES string of the molecule is CCC(C)C(=O)OC1CCC(C(=O)OC(C)c2ccccc2)CC1. The molecule has 1 aromatic rings. The van der Waals surface area contributed by atoms with Gasteiger partial charge >= 0.3 is 11.9 Å². The number of ether oxygens (including phenoxy) is 2. The molecule has 0 heterocycles. The topological polar surface area (TPSA) is 52.6 Å². The Morgan fingerprint density at radius 3 is 2.29 bits per heavy atom. The van der Waals surface area contributed by atoms with Crippen LogP contribution in [0.15, 0.2) is 30.3 Å². The van der Waals surface area contributed by atoms with Gasteiger partial charge in [0.05, 0.1) is 11.8 Å². The van der Waals surface area contributed by atoms with Crippen LogP contribution in [-0.2, 0) is 19.1 Å². The summed E-state index contributed by atoms with van der Waals surface area (Å²) in [6.07, 6.45) is 3.42. The molecule has 0 spiro atoms. The Hall–Kier alpha value is -1.84. The van der Waals surface area contributed by atoms with Crippen LogP contribution in [0.3, 0.4) is 0 Å². The van der Waals surface area contributed by atoms with E-state index in [1.54, 1.807) is 0 Å². The van der Waals surface area contributed by atoms with Crippen LogP contribution in [0, 0.1) is 11.8 Å². The molecule has 0 radical (unpaired) electrons. The maximum absolute atomic E-state index is 12.3. The van der Waals surface area contributed by atoms with Gasteiger partial charge in [0.25, 0.3) is 0 Å². The molecular weight excluding hydrogens is 304 g/mol. The Morgan fingerprint density at radius 2 is 1.71 bits per heavy atom. The number of hydrogen-bond donors (Lipinski definition) is 0. The first-order valence-electron chi connectivity index (χ1n) is 8.97. The number of carbonyl (C=O) groups excluding carboxylic acids is 2. The van der Waals surface area contributed by atoms with Crippen molar-refractivity contribution in [2.75, 3.05) is 0 Å². The third-order valence-corrected chi connectivity index (χ3v) is 4.87. The predicted molar refractivity (Wildman–Crippen MR) is 92.2 cm³/mol. The van der Waals surface area contributed by atoms with Crippen molar-refractivity contribution < 1.29 is 19.1 Å². The standard InChI is InChI=1S/C20H28O4/c1-4-14(2)19(21)24-18-12-10-17(11-13-18)20(22)23-15(3)16-8-6-5-7-9-16/h5-9,14-15,17-18H,4,10-13H2,1-3H3. The summed E-state index contributed by atoms with van der Waals surface area (Å²) in [6, 6.07) is 9.75. The Balaban J connectivity index is 1.77. The number of esters is 2. The molecule has 0 bridgehead atoms. The summed E-state index contributed by atoms with van der Waals surface area (Å²) in [5.74, 6) is -0.409. The van der Waals surface area contributed by atoms with Crippen molar-refractivity contribution in [2.45, 2.75) is 65.1 Å². The summed E-state index contributed by atoms with van der Waals surface area (Å²) in [5, 5.41) is 0. The second kappa shape index (κ2) is 8.86. The smallest absolute Gasteiger partial charge is 0.309 e. The average Bonchev–Trinajstić information content (AvgIpc) is 2.62. The van der Waals surface area contributed by atoms with Crippen LogP contribution in [0.4, 0.5) is 0 Å². The molecule has 1 aromatic carbocycles. The maximum atomic E-state index is 12.3. The Bertz CT molecular complexity index is 532. The molecule has 1 saturated carbocycles. The lowest BCUT2D eigenvalue weighted by Gasteiger charge is -2.28. The van der Waals surface area contributed by atoms with Gasteiger partial charge in [-0.05, 0) is 44.6 Å². The first-order chi connectivity index (χ1) is 11.5. The van der Waals surface area contributed by atoms with Crippen LogP contribution in [0.1, 0.15) is 64.5 Å². The fourth-order valence-electron chi connectivity index (χ4n) is 2.93. The Morgan fingerprint density at radius 1 is 1.08 bits per heavy atom. The lowest BCUT2D eigenvalue weighted by atomic mass is 9.87. The second-order valence-corrected chi connectivity index (χ2v) is 6.71. The molecule has 2 atom stereocenters. The number of carbonyl (C=O) groups is 2. The average molecular weight is 332 g/mol. The molecule has 1 aliphatic carbocycles. The van der Waals surface area contributed by atoms with Crippen LogP contribution in [0.5, 0.6) is 0 Å². The Kier molecular flexibility index (Phi) is 6.83. The van der Waals surface area contributed by atoms with Crippen molar-refractivity contribution in [1.82, 2.24) is 0 Å². The summed E-state index contributed by atoms with van der Waals surface area (Å²) in [7, 11) is 0. The fraction of sp³-hybridized carbons (Fsp3) is 0.600. The molecule has 2 rings (SSSR count). The van der Waals surface area contributed by atoms with Crippen molar-refractivity contribution in [3.05, 3.63) is 35.9 Å². The van der Waals surface area contributed by atoms with Gasteiger partial charge < -0.3 is 9.47 Å². The third-order valence-electron chi connectivity index (χ3n) is 4.87. The summed E-state index contributed by atoms with van der Waals surface area (Å²) in [5.41, 5.74) is 1.00. The zero-order chi connectivity index (χ0) is 17.5. The van der Waals surface area contributed by atoms with Crippen LogP contribution in [-0.4, -0.2) is 18.0 Å². The van der Waals surface area contributed by atoms with Gasteiger partial charge in [-0.3, -0.25) is 9.59 Å². The molecule has 1 fully saturated rings. The van der Waals surface area contributed by atoms with E-state index in [1.807, 2.05) is 51.1 Å². The van der Waals surface area contributed by atoms with Crippen LogP contribution < -0.4 is 0 Å². The normalized spacial score (nSPS) is 23.1. The summed E-state index contributed by atoms with van der Waals surface area (Å²) < 4.78 is 11.1. The summed E-state index contributed by atoms with van der Waals surface area (Å²) in [4.78, 5) is 24.2. The number of hydrogen-bond acceptors (Lipinski definition) is 4. The molecule has 24 heavy (non-hydrogen) atoms. The van der Waals surface area contributed by atoms with Crippen LogP contribution >= 0.6 is 0 Å². The molecule has 1 aliphatic rings. The summed E-state index contributed by atoms with van der Waals surface area (Å²) in [6.45, 7) is 5.76. The van der Waals surface area contributed by atoms with Gasteiger partial charge in [-0.25, -0.2) is 0 Å². The molecule has 0 N–H and O–H groups in total. The minimum absolute atomic E-state index is 0.0536. The van der Waals surface area contributed by atoms with Crippen LogP contribution in [0.2, 0.25) is 0 Å². The van der Waals surface area contributed by atoms with E-state index < -0.39 is 0 Å². The van der Waals surface area contributed by atoms with Gasteiger partial charge in [0.2, 0.25) is 0 Å². The molecule has 4 nitrogen and oxygen atoms in total. The predicted octanol–water partition coefficient (Wildman–Crippen LogP) is 4.44. The van der Waals surface area contributed by atoms with E-state index in [0.29, 0.717) is 0 Å². The van der Waals surface area contributed by atoms with Crippen molar-refractivity contribution in [2.24, 2.45) is 11.8 Å². The van der Waals surface area contributed by atoms with Crippen molar-refractivity contribution >= 4 is 11.9 Å². The second-order valence-electron chi connectivity index (χ2n) is 6.71. The highest BCUT2D eigenvalue weighted by Crippen LogP contribution is 2.29. The molecule has 2 unspecified atom stereocenters. The van der Waals surface area contributed by atoms with E-state index in [0.717, 1.165) is 37.7 Å². The van der Waals surface area contributed by atoms with E-state index in [9.17, 15) is 9.59 Å². The van der Waals surface area contributed by atoms with E-state index in [1.165, 1.54) is 0 Å². The van der Waals surface area contributed by atoms with Gasteiger partial charge in [0.1, 0.15) is 12.2 Å². The molecule has 0 aliphatic heterocycles. The number of benzene rings is 1. The highest BCUT2D eigenvalue weighted by atomic mass is 16.5. The number of rotatable bonds is 6. The van der Waals surface area contributed by atoms with Crippen LogP contribution in [0.25, 0.3) is 0 Å². The maximum Gasteiger partial charge on any atom is 0.309 e. The van der Waals surface area contributed by atoms with Crippen molar-refractivity contribution in [3.8, 4) is 0 Å². The van der Waals surface area contributed by atoms with Crippen molar-refractivity contribution in [1.29, 1.82) is 0 Å². The Labute approximate surface area is 144 Å². The molecule has 0 saturated heterocycles. The quantitative estimate of drug-likeness (QED) is 0.723. The van der Waals surface area contributed by atoms with E-state index in [2.05, 4.69) is 0 Å². The molecule has 132 valence electrons. The summed E-state index contributed by atoms with van der Waals surface area (Å²) >= 11 is 0. The zero-order valence-corrected chi connectivity index (χ0v) is 14.9. The minimum Gasteiger partial charge on any atom is -0.462 e. The van der Waals surface area contributed by atoms with E-state index >= 15 is 0 Å². The first kappa shape index (κ1) is 18.5. The van der Waals surface area contributed by atoms with E-state index in [4.69, 9.17) is 9.47 Å². The van der Waals surface area contributed by atoms with Gasteiger partial charge in [-0.15, -0.1) is 0 Å². The van der Waals surface area contributed by atoms with Gasteiger partial charge in [-0.1, -0.05) is 44.2 Å². The fourth-order valence-corrected chi connectivity index (χ4v) is 2.93. The monoisotopic (exact) mass is 332 g/mol. The zero-order valence-electron chi connectivity index (χ0n) is 14.9. The van der Waals surface area contributed by atoms with Gasteiger partial charge in [0.15, 0.2) is 0 Å². The molecular formula is C20H28O4. The lowest BCUT2D eigenvalue weighted by molar-refractivity contribution is -0.159. The largest absolute Gasteiger partial charge is 0.462 e. The molecule has 0 amide bonds. The minimum atomic E-state index is -0.236. The highest BCUT2D eigenvalue weighted by Gasteiger charge is 2.30. The molecule has 0 aromatic heterocycles. The molecule has 4 heteroatoms. The third kappa shape index (κ3) is 5.08. The first-order valence-corrected chi connectivity index (χ1v) is 8.97. The van der Waals surface area contributed by atoms with Crippen molar-refractivity contribution in [3.63, 3.8) is 0 Å². The highest BCUT2D eigenvalue weighted by molar-refractivity contribution is 5.73. The van der Waals surface area contributed by atoms with E-state index in [-0.39, 0.29) is 36.0 Å². The van der Waals surface area contributed by atoms with Gasteiger partial charge in [-0.2, -0.15) is 0 Å². The lowest BCUT2D eigenvalue weighted by Crippen LogP contribution is -2.30.